The van der Waals surface area contributed by atoms with Crippen LogP contribution in [0.15, 0.2) is 24.3 Å². The van der Waals surface area contributed by atoms with Gasteiger partial charge in [0, 0.05) is 0 Å². The average molecular weight is 286 g/mol. The minimum atomic E-state index is -1.87. The summed E-state index contributed by atoms with van der Waals surface area (Å²) in [6.07, 6.45) is -5.25. The van der Waals surface area contributed by atoms with Gasteiger partial charge in [0.1, 0.15) is 18.0 Å². The summed E-state index contributed by atoms with van der Waals surface area (Å²) < 4.78 is 4.96. The van der Waals surface area contributed by atoms with Gasteiger partial charge in [0.05, 0.1) is 19.4 Å². The highest BCUT2D eigenvalue weighted by atomic mass is 16.5. The van der Waals surface area contributed by atoms with Crippen LogP contribution < -0.4 is 15.6 Å². The Balaban J connectivity index is 2.49. The van der Waals surface area contributed by atoms with E-state index in [2.05, 4.69) is 10.9 Å². The smallest absolute Gasteiger partial charge is 0.269 e. The highest BCUT2D eigenvalue weighted by molar-refractivity contribution is 5.82. The third-order valence-corrected chi connectivity index (χ3v) is 2.59. The summed E-state index contributed by atoms with van der Waals surface area (Å²) in [5.74, 6) is -0.302. The fraction of sp³-hybridized carbons (Fsp3) is 0.417. The van der Waals surface area contributed by atoms with Crippen LogP contribution >= 0.6 is 0 Å². The van der Waals surface area contributed by atoms with E-state index in [9.17, 15) is 15.0 Å². The molecule has 20 heavy (non-hydrogen) atoms. The number of methoxy groups -OCH3 is 1. The van der Waals surface area contributed by atoms with E-state index in [0.717, 1.165) is 0 Å². The standard InChI is InChI=1S/C12H18N2O6/c1-20-8-4-2-7(3-5-8)13-14-12(19)11(18)10(17)9(16)6-15/h2-5,9-11,13,15-18H,6H2,1H3,(H,14,19)/t9-,10-,11+/m1/s1. The molecule has 0 radical (unpaired) electrons. The zero-order valence-corrected chi connectivity index (χ0v) is 10.9. The summed E-state index contributed by atoms with van der Waals surface area (Å²) in [6, 6.07) is 6.58. The Morgan fingerprint density at radius 3 is 2.35 bits per heavy atom. The first-order valence-corrected chi connectivity index (χ1v) is 5.84. The molecular weight excluding hydrogens is 268 g/mol. The monoisotopic (exact) mass is 286 g/mol. The molecule has 0 aliphatic carbocycles. The minimum absolute atomic E-state index is 0.531. The van der Waals surface area contributed by atoms with Crippen LogP contribution in [-0.4, -0.2) is 58.4 Å². The molecule has 0 spiro atoms. The number of amides is 1. The van der Waals surface area contributed by atoms with Crippen molar-refractivity contribution in [2.45, 2.75) is 18.3 Å². The largest absolute Gasteiger partial charge is 0.497 e. The maximum atomic E-state index is 11.5. The summed E-state index contributed by atoms with van der Waals surface area (Å²) >= 11 is 0. The van der Waals surface area contributed by atoms with Crippen molar-refractivity contribution in [1.29, 1.82) is 0 Å². The number of hydrazine groups is 1. The molecule has 1 rings (SSSR count). The molecule has 0 bridgehead atoms. The van der Waals surface area contributed by atoms with Crippen LogP contribution in [0.5, 0.6) is 5.75 Å². The summed E-state index contributed by atoms with van der Waals surface area (Å²) in [6.45, 7) is -0.766. The Kier molecular flexibility index (Phi) is 6.19. The lowest BCUT2D eigenvalue weighted by atomic mass is 10.1. The number of anilines is 1. The zero-order chi connectivity index (χ0) is 15.1. The SMILES string of the molecule is COc1ccc(NNC(=O)[C@@H](O)[C@H](O)[C@H](O)CO)cc1. The Labute approximate surface area is 115 Å². The Morgan fingerprint density at radius 1 is 1.25 bits per heavy atom. The van der Waals surface area contributed by atoms with Crippen LogP contribution in [0.2, 0.25) is 0 Å². The van der Waals surface area contributed by atoms with Gasteiger partial charge in [-0.25, -0.2) is 0 Å². The lowest BCUT2D eigenvalue weighted by molar-refractivity contribution is -0.141. The third kappa shape index (κ3) is 4.35. The van der Waals surface area contributed by atoms with E-state index in [1.54, 1.807) is 24.3 Å². The number of carbonyl (C=O) groups is 1. The van der Waals surface area contributed by atoms with Crippen molar-refractivity contribution < 1.29 is 30.0 Å². The molecule has 1 aromatic carbocycles. The molecule has 0 heterocycles. The first-order valence-electron chi connectivity index (χ1n) is 5.84. The molecule has 0 unspecified atom stereocenters. The van der Waals surface area contributed by atoms with Crippen LogP contribution in [0.3, 0.4) is 0 Å². The van der Waals surface area contributed by atoms with Gasteiger partial charge in [-0.05, 0) is 24.3 Å². The lowest BCUT2D eigenvalue weighted by Gasteiger charge is -2.21. The number of benzene rings is 1. The van der Waals surface area contributed by atoms with Crippen LogP contribution in [0.1, 0.15) is 0 Å². The van der Waals surface area contributed by atoms with E-state index in [1.165, 1.54) is 7.11 Å². The van der Waals surface area contributed by atoms with Gasteiger partial charge in [-0.3, -0.25) is 15.6 Å². The predicted molar refractivity (Wildman–Crippen MR) is 69.9 cm³/mol. The predicted octanol–water partition coefficient (Wildman–Crippen LogP) is -1.79. The average Bonchev–Trinajstić information content (AvgIpc) is 2.50. The van der Waals surface area contributed by atoms with Gasteiger partial charge in [0.15, 0.2) is 6.10 Å². The summed E-state index contributed by atoms with van der Waals surface area (Å²) in [5, 5.41) is 36.5. The van der Waals surface area contributed by atoms with E-state index < -0.39 is 30.8 Å². The van der Waals surface area contributed by atoms with Gasteiger partial charge >= 0.3 is 0 Å². The number of ether oxygens (including phenoxy) is 1. The molecule has 8 nitrogen and oxygen atoms in total. The maximum absolute atomic E-state index is 11.5. The zero-order valence-electron chi connectivity index (χ0n) is 10.9. The van der Waals surface area contributed by atoms with Crippen LogP contribution in [0.25, 0.3) is 0 Å². The first kappa shape index (κ1) is 16.2. The van der Waals surface area contributed by atoms with E-state index in [-0.39, 0.29) is 0 Å². The van der Waals surface area contributed by atoms with E-state index in [1.807, 2.05) is 0 Å². The van der Waals surface area contributed by atoms with E-state index >= 15 is 0 Å². The van der Waals surface area contributed by atoms with Crippen LogP contribution in [-0.2, 0) is 4.79 Å². The Hall–Kier alpha value is -1.87. The molecule has 112 valence electrons. The molecule has 0 saturated heterocycles. The highest BCUT2D eigenvalue weighted by Gasteiger charge is 2.29. The third-order valence-electron chi connectivity index (χ3n) is 2.59. The summed E-state index contributed by atoms with van der Waals surface area (Å²) in [5.41, 5.74) is 5.21. The first-order chi connectivity index (χ1) is 9.49. The van der Waals surface area contributed by atoms with Gasteiger partial charge in [0.2, 0.25) is 0 Å². The fourth-order valence-electron chi connectivity index (χ4n) is 1.36. The van der Waals surface area contributed by atoms with Gasteiger partial charge in [-0.15, -0.1) is 0 Å². The number of hydrogen-bond donors (Lipinski definition) is 6. The number of hydrogen-bond acceptors (Lipinski definition) is 7. The van der Waals surface area contributed by atoms with Crippen molar-refractivity contribution in [1.82, 2.24) is 5.43 Å². The molecule has 0 aliphatic heterocycles. The van der Waals surface area contributed by atoms with Crippen molar-refractivity contribution in [2.75, 3.05) is 19.1 Å². The molecule has 3 atom stereocenters. The second kappa shape index (κ2) is 7.65. The summed E-state index contributed by atoms with van der Waals surface area (Å²) in [7, 11) is 1.52. The minimum Gasteiger partial charge on any atom is -0.497 e. The van der Waals surface area contributed by atoms with Gasteiger partial charge in [-0.2, -0.15) is 0 Å². The van der Waals surface area contributed by atoms with Gasteiger partial charge in [-0.1, -0.05) is 0 Å². The molecular formula is C12H18N2O6. The molecule has 0 aliphatic rings. The number of rotatable bonds is 7. The lowest BCUT2D eigenvalue weighted by Crippen LogP contribution is -2.49. The van der Waals surface area contributed by atoms with Crippen molar-refractivity contribution in [3.63, 3.8) is 0 Å². The molecule has 0 aromatic heterocycles. The van der Waals surface area contributed by atoms with Crippen molar-refractivity contribution >= 4 is 11.6 Å². The quantitative estimate of drug-likeness (QED) is 0.326. The molecule has 8 heteroatoms. The maximum Gasteiger partial charge on any atom is 0.269 e. The van der Waals surface area contributed by atoms with Gasteiger partial charge in [0.25, 0.3) is 5.91 Å². The number of nitrogens with one attached hydrogen (secondary N) is 2. The van der Waals surface area contributed by atoms with Gasteiger partial charge < -0.3 is 25.2 Å². The van der Waals surface area contributed by atoms with Crippen molar-refractivity contribution in [2.24, 2.45) is 0 Å². The van der Waals surface area contributed by atoms with Crippen LogP contribution in [0.4, 0.5) is 5.69 Å². The van der Waals surface area contributed by atoms with Crippen molar-refractivity contribution in [3.05, 3.63) is 24.3 Å². The second-order valence-corrected chi connectivity index (χ2v) is 4.03. The van der Waals surface area contributed by atoms with E-state index in [0.29, 0.717) is 11.4 Å². The fourth-order valence-corrected chi connectivity index (χ4v) is 1.36. The number of aliphatic hydroxyl groups excluding tert-OH is 4. The molecule has 1 amide bonds. The molecule has 1 aromatic rings. The van der Waals surface area contributed by atoms with E-state index in [4.69, 9.17) is 14.9 Å². The topological polar surface area (TPSA) is 131 Å². The van der Waals surface area contributed by atoms with Crippen LogP contribution in [0, 0.1) is 0 Å². The second-order valence-electron chi connectivity index (χ2n) is 4.03. The molecule has 6 N–H and O–H groups in total. The molecule has 0 fully saturated rings. The van der Waals surface area contributed by atoms with Crippen molar-refractivity contribution in [3.8, 4) is 5.75 Å². The normalized spacial score (nSPS) is 15.1. The molecule has 0 saturated carbocycles. The number of carbonyl (C=O) groups excluding carboxylic acids is 1. The Bertz CT molecular complexity index is 424. The Morgan fingerprint density at radius 2 is 1.85 bits per heavy atom. The highest BCUT2D eigenvalue weighted by Crippen LogP contribution is 2.14. The summed E-state index contributed by atoms with van der Waals surface area (Å²) in [4.78, 5) is 11.5. The number of aliphatic hydroxyl groups is 4.